The van der Waals surface area contributed by atoms with Crippen molar-refractivity contribution in [2.75, 3.05) is 18.1 Å². The average Bonchev–Trinajstić information content (AvgIpc) is 2.34. The first-order valence-electron chi connectivity index (χ1n) is 5.66. The summed E-state index contributed by atoms with van der Waals surface area (Å²) >= 11 is 3.10. The molecular formula is C12H11BrFNO3. The zero-order chi connectivity index (χ0) is 12.9. The van der Waals surface area contributed by atoms with Crippen molar-refractivity contribution in [1.29, 1.82) is 0 Å². The lowest BCUT2D eigenvalue weighted by molar-refractivity contribution is 0.0101. The molecular weight excluding hydrogens is 305 g/mol. The van der Waals surface area contributed by atoms with Gasteiger partial charge in [0.25, 0.3) is 0 Å². The molecule has 0 saturated carbocycles. The number of hydrogen-bond donors (Lipinski definition) is 1. The van der Waals surface area contributed by atoms with E-state index in [2.05, 4.69) is 15.9 Å². The summed E-state index contributed by atoms with van der Waals surface area (Å²) in [5.41, 5.74) is 0.577. The Morgan fingerprint density at radius 1 is 1.44 bits per heavy atom. The Hall–Kier alpha value is -1.14. The van der Waals surface area contributed by atoms with Gasteiger partial charge < -0.3 is 14.7 Å². The molecule has 4 nitrogen and oxygen atoms in total. The SMILES string of the molecule is O=C(O)c1cc(F)c(Br)cc1N1C2COCC1C2. The summed E-state index contributed by atoms with van der Waals surface area (Å²) in [5.74, 6) is -1.67. The number of morpholine rings is 1. The summed E-state index contributed by atoms with van der Waals surface area (Å²) in [6.45, 7) is 1.20. The van der Waals surface area contributed by atoms with Gasteiger partial charge in [0, 0.05) is 0 Å². The summed E-state index contributed by atoms with van der Waals surface area (Å²) in [7, 11) is 0. The van der Waals surface area contributed by atoms with Crippen LogP contribution in [0.25, 0.3) is 0 Å². The zero-order valence-corrected chi connectivity index (χ0v) is 11.0. The smallest absolute Gasteiger partial charge is 0.337 e. The molecule has 2 heterocycles. The van der Waals surface area contributed by atoms with Gasteiger partial charge >= 0.3 is 5.97 Å². The predicted octanol–water partition coefficient (Wildman–Crippen LogP) is 2.26. The standard InChI is InChI=1S/C12H11BrFNO3/c13-9-3-11(8(12(16)17)2-10(9)14)15-6-1-7(15)5-18-4-6/h2-3,6-7H,1,4-5H2,(H,16,17). The molecule has 2 saturated heterocycles. The minimum Gasteiger partial charge on any atom is -0.478 e. The van der Waals surface area contributed by atoms with Gasteiger partial charge in [0.05, 0.1) is 41.0 Å². The van der Waals surface area contributed by atoms with Crippen molar-refractivity contribution in [3.63, 3.8) is 0 Å². The Balaban J connectivity index is 2.05. The Bertz CT molecular complexity index is 508. The number of benzene rings is 1. The van der Waals surface area contributed by atoms with Gasteiger partial charge in [0.15, 0.2) is 0 Å². The lowest BCUT2D eigenvalue weighted by Gasteiger charge is -2.54. The van der Waals surface area contributed by atoms with Gasteiger partial charge in [0.1, 0.15) is 5.82 Å². The maximum Gasteiger partial charge on any atom is 0.337 e. The van der Waals surface area contributed by atoms with Gasteiger partial charge in [0.2, 0.25) is 0 Å². The molecule has 96 valence electrons. The summed E-state index contributed by atoms with van der Waals surface area (Å²) in [4.78, 5) is 13.2. The van der Waals surface area contributed by atoms with E-state index in [1.165, 1.54) is 0 Å². The highest BCUT2D eigenvalue weighted by molar-refractivity contribution is 9.10. The summed E-state index contributed by atoms with van der Waals surface area (Å²) in [6.07, 6.45) is 1.01. The van der Waals surface area contributed by atoms with Crippen molar-refractivity contribution in [1.82, 2.24) is 0 Å². The zero-order valence-electron chi connectivity index (χ0n) is 9.40. The molecule has 1 aromatic rings. The van der Waals surface area contributed by atoms with E-state index >= 15 is 0 Å². The van der Waals surface area contributed by atoms with Gasteiger partial charge in [-0.25, -0.2) is 9.18 Å². The number of carboxylic acids is 1. The van der Waals surface area contributed by atoms with Crippen LogP contribution in [0.5, 0.6) is 0 Å². The van der Waals surface area contributed by atoms with E-state index in [1.54, 1.807) is 6.07 Å². The Kier molecular flexibility index (Phi) is 2.79. The van der Waals surface area contributed by atoms with Crippen molar-refractivity contribution < 1.29 is 19.0 Å². The van der Waals surface area contributed by atoms with Crippen LogP contribution >= 0.6 is 15.9 Å². The first-order valence-corrected chi connectivity index (χ1v) is 6.45. The molecule has 18 heavy (non-hydrogen) atoms. The van der Waals surface area contributed by atoms with Crippen LogP contribution in [0.2, 0.25) is 0 Å². The van der Waals surface area contributed by atoms with Gasteiger partial charge in [-0.3, -0.25) is 0 Å². The quantitative estimate of drug-likeness (QED) is 0.909. The fourth-order valence-corrected chi connectivity index (χ4v) is 2.98. The second kappa shape index (κ2) is 4.20. The highest BCUT2D eigenvalue weighted by Crippen LogP contribution is 2.39. The molecule has 3 rings (SSSR count). The van der Waals surface area contributed by atoms with Gasteiger partial charge in [-0.2, -0.15) is 0 Å². The number of ether oxygens (including phenoxy) is 1. The number of nitrogens with zero attached hydrogens (tertiary/aromatic N) is 1. The number of hydrogen-bond acceptors (Lipinski definition) is 3. The Morgan fingerprint density at radius 2 is 2.11 bits per heavy atom. The maximum absolute atomic E-state index is 13.4. The van der Waals surface area contributed by atoms with Crippen molar-refractivity contribution in [3.05, 3.63) is 28.0 Å². The number of halogens is 2. The fourth-order valence-electron chi connectivity index (χ4n) is 2.65. The second-order valence-corrected chi connectivity index (χ2v) is 5.43. The highest BCUT2D eigenvalue weighted by atomic mass is 79.9. The molecule has 1 aromatic carbocycles. The van der Waals surface area contributed by atoms with Gasteiger partial charge in [-0.15, -0.1) is 0 Å². The Labute approximate surface area is 111 Å². The topological polar surface area (TPSA) is 49.8 Å². The summed E-state index contributed by atoms with van der Waals surface area (Å²) in [6, 6.07) is 3.03. The van der Waals surface area contributed by atoms with Gasteiger partial charge in [-0.1, -0.05) is 0 Å². The van der Waals surface area contributed by atoms with E-state index in [-0.39, 0.29) is 22.1 Å². The Morgan fingerprint density at radius 3 is 2.67 bits per heavy atom. The van der Waals surface area contributed by atoms with Crippen LogP contribution in [0, 0.1) is 5.82 Å². The van der Waals surface area contributed by atoms with Gasteiger partial charge in [-0.05, 0) is 34.5 Å². The molecule has 2 bridgehead atoms. The number of rotatable bonds is 2. The van der Waals surface area contributed by atoms with Crippen LogP contribution in [0.15, 0.2) is 16.6 Å². The van der Waals surface area contributed by atoms with Crippen LogP contribution < -0.4 is 4.90 Å². The first-order chi connectivity index (χ1) is 8.58. The molecule has 0 aromatic heterocycles. The van der Waals surface area contributed by atoms with E-state index in [4.69, 9.17) is 4.74 Å². The lowest BCUT2D eigenvalue weighted by atomic mass is 9.89. The van der Waals surface area contributed by atoms with Crippen LogP contribution in [-0.4, -0.2) is 36.4 Å². The number of carbonyl (C=O) groups is 1. The largest absolute Gasteiger partial charge is 0.478 e. The van der Waals surface area contributed by atoms with Crippen LogP contribution in [0.1, 0.15) is 16.8 Å². The second-order valence-electron chi connectivity index (χ2n) is 4.58. The summed E-state index contributed by atoms with van der Waals surface area (Å²) in [5, 5.41) is 9.17. The van der Waals surface area contributed by atoms with Crippen LogP contribution in [0.3, 0.4) is 0 Å². The maximum atomic E-state index is 13.4. The van der Waals surface area contributed by atoms with E-state index < -0.39 is 11.8 Å². The number of carboxylic acid groups (broad SMARTS) is 1. The first kappa shape index (κ1) is 11.9. The molecule has 2 atom stereocenters. The molecule has 0 aliphatic carbocycles. The lowest BCUT2D eigenvalue weighted by Crippen LogP contribution is -2.64. The molecule has 2 unspecified atom stereocenters. The monoisotopic (exact) mass is 315 g/mol. The molecule has 2 aliphatic heterocycles. The van der Waals surface area contributed by atoms with E-state index in [1.807, 2.05) is 4.90 Å². The van der Waals surface area contributed by atoms with Crippen LogP contribution in [0.4, 0.5) is 10.1 Å². The molecule has 6 heteroatoms. The van der Waals surface area contributed by atoms with Crippen LogP contribution in [-0.2, 0) is 4.74 Å². The van der Waals surface area contributed by atoms with Crippen molar-refractivity contribution in [2.24, 2.45) is 0 Å². The van der Waals surface area contributed by atoms with Crippen molar-refractivity contribution in [3.8, 4) is 0 Å². The van der Waals surface area contributed by atoms with E-state index in [0.717, 1.165) is 12.5 Å². The highest BCUT2D eigenvalue weighted by Gasteiger charge is 2.43. The third kappa shape index (κ3) is 1.71. The molecule has 2 fully saturated rings. The third-order valence-electron chi connectivity index (χ3n) is 3.50. The number of anilines is 1. The van der Waals surface area contributed by atoms with Crippen molar-refractivity contribution in [2.45, 2.75) is 18.5 Å². The molecule has 0 amide bonds. The molecule has 0 radical (unpaired) electrons. The molecule has 0 spiro atoms. The van der Waals surface area contributed by atoms with E-state index in [0.29, 0.717) is 18.9 Å². The van der Waals surface area contributed by atoms with E-state index in [9.17, 15) is 14.3 Å². The number of aromatic carboxylic acids is 1. The minimum absolute atomic E-state index is 0.00676. The van der Waals surface area contributed by atoms with Crippen molar-refractivity contribution >= 4 is 27.6 Å². The minimum atomic E-state index is -1.11. The molecule has 2 aliphatic rings. The third-order valence-corrected chi connectivity index (χ3v) is 4.11. The normalized spacial score (nSPS) is 25.8. The molecule has 1 N–H and O–H groups in total. The predicted molar refractivity (Wildman–Crippen MR) is 66.6 cm³/mol. The fraction of sp³-hybridized carbons (Fsp3) is 0.417. The summed E-state index contributed by atoms with van der Waals surface area (Å²) < 4.78 is 19.1. The average molecular weight is 316 g/mol. The number of fused-ring (bicyclic) bond motifs is 2.